The number of hydrazone groups is 1. The summed E-state index contributed by atoms with van der Waals surface area (Å²) in [6.45, 7) is 9.41. The molecule has 28 heavy (non-hydrogen) atoms. The normalized spacial score (nSPS) is 17.6. The molecular weight excluding hydrogens is 382 g/mol. The van der Waals surface area contributed by atoms with Gasteiger partial charge in [0.2, 0.25) is 10.0 Å². The van der Waals surface area contributed by atoms with Crippen LogP contribution in [-0.2, 0) is 10.0 Å². The molecule has 0 aliphatic carbocycles. The Morgan fingerprint density at radius 2 is 1.86 bits per heavy atom. The molecule has 1 fully saturated rings. The number of nitrogens with one attached hydrogen (secondary N) is 2. The lowest BCUT2D eigenvalue weighted by Crippen LogP contribution is -3.13. The molecule has 1 aromatic rings. The Balaban J connectivity index is 2.20. The van der Waals surface area contributed by atoms with Crippen LogP contribution in [-0.4, -0.2) is 56.1 Å². The van der Waals surface area contributed by atoms with Gasteiger partial charge >= 0.3 is 0 Å². The van der Waals surface area contributed by atoms with Crippen molar-refractivity contribution in [1.29, 1.82) is 0 Å². The Kier molecular flexibility index (Phi) is 7.90. The van der Waals surface area contributed by atoms with E-state index in [9.17, 15) is 18.5 Å². The number of nitro groups is 1. The van der Waals surface area contributed by atoms with E-state index in [4.69, 9.17) is 0 Å². The lowest BCUT2D eigenvalue weighted by atomic mass is 10.1. The Labute approximate surface area is 166 Å². The number of rotatable bonds is 9. The zero-order chi connectivity index (χ0) is 20.7. The second kappa shape index (κ2) is 9.94. The van der Waals surface area contributed by atoms with Gasteiger partial charge in [-0.2, -0.15) is 9.41 Å². The second-order valence-corrected chi connectivity index (χ2v) is 8.75. The van der Waals surface area contributed by atoms with Gasteiger partial charge in [-0.05, 0) is 18.6 Å². The second-order valence-electron chi connectivity index (χ2n) is 6.82. The van der Waals surface area contributed by atoms with E-state index in [0.29, 0.717) is 13.1 Å². The van der Waals surface area contributed by atoms with E-state index >= 15 is 0 Å². The van der Waals surface area contributed by atoms with E-state index in [2.05, 4.69) is 17.5 Å². The molecule has 0 amide bonds. The largest absolute Gasteiger partial charge is 0.334 e. The van der Waals surface area contributed by atoms with E-state index in [0.717, 1.165) is 50.7 Å². The molecule has 0 unspecified atom stereocenters. The van der Waals surface area contributed by atoms with Gasteiger partial charge in [-0.25, -0.2) is 8.42 Å². The summed E-state index contributed by atoms with van der Waals surface area (Å²) in [7, 11) is -3.76. The number of quaternary nitrogens is 1. The topological polar surface area (TPSA) is 109 Å². The van der Waals surface area contributed by atoms with Crippen molar-refractivity contribution in [3.05, 3.63) is 28.3 Å². The predicted octanol–water partition coefficient (Wildman–Crippen LogP) is 1.48. The summed E-state index contributed by atoms with van der Waals surface area (Å²) >= 11 is 0. The zero-order valence-electron chi connectivity index (χ0n) is 16.8. The van der Waals surface area contributed by atoms with E-state index < -0.39 is 14.9 Å². The number of nitrogens with zero attached hydrogens (tertiary/aromatic N) is 3. The van der Waals surface area contributed by atoms with Crippen LogP contribution in [0, 0.1) is 10.1 Å². The maximum absolute atomic E-state index is 12.6. The van der Waals surface area contributed by atoms with Crippen molar-refractivity contribution in [3.63, 3.8) is 0 Å². The molecule has 1 heterocycles. The summed E-state index contributed by atoms with van der Waals surface area (Å²) in [6, 6.07) is 3.90. The van der Waals surface area contributed by atoms with Gasteiger partial charge in [0.25, 0.3) is 5.69 Å². The first kappa shape index (κ1) is 22.3. The number of piperidine rings is 1. The minimum Gasteiger partial charge on any atom is -0.334 e. The fourth-order valence-electron chi connectivity index (χ4n) is 3.38. The number of anilines is 1. The summed E-state index contributed by atoms with van der Waals surface area (Å²) in [4.78, 5) is 12.4. The lowest BCUT2D eigenvalue weighted by Gasteiger charge is -2.24. The van der Waals surface area contributed by atoms with Crippen molar-refractivity contribution in [2.45, 2.75) is 44.9 Å². The maximum atomic E-state index is 12.6. The van der Waals surface area contributed by atoms with Crippen molar-refractivity contribution >= 4 is 27.1 Å². The van der Waals surface area contributed by atoms with Crippen LogP contribution in [0.3, 0.4) is 0 Å². The van der Waals surface area contributed by atoms with Gasteiger partial charge in [-0.3, -0.25) is 15.5 Å². The smallest absolute Gasteiger partial charge is 0.295 e. The van der Waals surface area contributed by atoms with E-state index in [-0.39, 0.29) is 16.3 Å². The molecule has 10 heteroatoms. The zero-order valence-corrected chi connectivity index (χ0v) is 17.6. The third-order valence-electron chi connectivity index (χ3n) is 4.98. The highest BCUT2D eigenvalue weighted by molar-refractivity contribution is 7.89. The fourth-order valence-corrected chi connectivity index (χ4v) is 4.86. The van der Waals surface area contributed by atoms with Crippen molar-refractivity contribution < 1.29 is 18.2 Å². The van der Waals surface area contributed by atoms with Gasteiger partial charge in [0, 0.05) is 37.7 Å². The summed E-state index contributed by atoms with van der Waals surface area (Å²) in [6.07, 6.45) is 2.85. The summed E-state index contributed by atoms with van der Waals surface area (Å²) < 4.78 is 26.5. The summed E-state index contributed by atoms with van der Waals surface area (Å²) in [5.74, 6) is 0. The minimum atomic E-state index is -3.76. The van der Waals surface area contributed by atoms with Crippen LogP contribution in [0.4, 0.5) is 11.4 Å². The molecule has 0 aromatic heterocycles. The Hall–Kier alpha value is -2.04. The first-order valence-corrected chi connectivity index (χ1v) is 11.2. The Bertz CT molecular complexity index is 811. The average Bonchev–Trinajstić information content (AvgIpc) is 2.68. The Morgan fingerprint density at radius 1 is 1.21 bits per heavy atom. The van der Waals surface area contributed by atoms with Crippen LogP contribution in [0.5, 0.6) is 0 Å². The van der Waals surface area contributed by atoms with Crippen LogP contribution in [0.15, 0.2) is 28.2 Å². The molecule has 0 spiro atoms. The van der Waals surface area contributed by atoms with Crippen LogP contribution < -0.4 is 10.3 Å². The molecular formula is C18H30N5O4S+. The van der Waals surface area contributed by atoms with Crippen LogP contribution in [0.1, 0.15) is 40.0 Å². The molecule has 1 aliphatic rings. The predicted molar refractivity (Wildman–Crippen MR) is 109 cm³/mol. The van der Waals surface area contributed by atoms with Crippen molar-refractivity contribution in [1.82, 2.24) is 4.31 Å². The highest BCUT2D eigenvalue weighted by Crippen LogP contribution is 2.29. The molecule has 156 valence electrons. The molecule has 1 aliphatic heterocycles. The molecule has 2 N–H and O–H groups in total. The molecule has 0 radical (unpaired) electrons. The first-order valence-electron chi connectivity index (χ1n) is 9.77. The molecule has 0 saturated carbocycles. The van der Waals surface area contributed by atoms with Crippen LogP contribution >= 0.6 is 0 Å². The number of hydrogen-bond donors (Lipinski definition) is 2. The molecule has 0 bridgehead atoms. The van der Waals surface area contributed by atoms with Crippen LogP contribution in [0.25, 0.3) is 0 Å². The Morgan fingerprint density at radius 3 is 2.39 bits per heavy atom. The number of sulfonamides is 1. The molecule has 9 nitrogen and oxygen atoms in total. The van der Waals surface area contributed by atoms with E-state index in [1.165, 1.54) is 16.4 Å². The van der Waals surface area contributed by atoms with Gasteiger partial charge in [0.05, 0.1) is 29.5 Å². The van der Waals surface area contributed by atoms with Crippen LogP contribution in [0.2, 0.25) is 0 Å². The molecule has 0 atom stereocenters. The van der Waals surface area contributed by atoms with Gasteiger partial charge in [-0.1, -0.05) is 20.8 Å². The molecule has 1 aromatic carbocycles. The number of nitro benzene ring substituents is 1. The summed E-state index contributed by atoms with van der Waals surface area (Å²) in [5.41, 5.74) is 3.65. The highest BCUT2D eigenvalue weighted by Gasteiger charge is 2.26. The molecule has 1 saturated heterocycles. The third-order valence-corrected chi connectivity index (χ3v) is 7.03. The lowest BCUT2D eigenvalue weighted by molar-refractivity contribution is -0.901. The molecule has 2 rings (SSSR count). The van der Waals surface area contributed by atoms with Crippen molar-refractivity contribution in [2.75, 3.05) is 38.1 Å². The number of likely N-dealkylation sites (tertiary alicyclic amines) is 1. The van der Waals surface area contributed by atoms with Gasteiger partial charge in [-0.15, -0.1) is 0 Å². The number of hydrogen-bond acceptors (Lipinski definition) is 6. The summed E-state index contributed by atoms with van der Waals surface area (Å²) in [5, 5.41) is 15.8. The first-order chi connectivity index (χ1) is 13.3. The average molecular weight is 413 g/mol. The monoisotopic (exact) mass is 412 g/mol. The fraction of sp³-hybridized carbons (Fsp3) is 0.611. The van der Waals surface area contributed by atoms with Gasteiger partial charge < -0.3 is 4.90 Å². The SMILES string of the molecule is CCC[NH+]1CCC(=NNc2ccc(S(=O)(=O)N(CC)CC)cc2[N+](=O)[O-])CC1. The highest BCUT2D eigenvalue weighted by atomic mass is 32.2. The standard InChI is InChI=1S/C18H29N5O4S/c1-4-11-21-12-9-15(10-13-21)19-20-17-8-7-16(14-18(17)23(24)25)28(26,27)22(5-2)6-3/h7-8,14,20H,4-6,9-13H2,1-3H3/p+1. The number of benzene rings is 1. The maximum Gasteiger partial charge on any atom is 0.295 e. The van der Waals surface area contributed by atoms with Crippen molar-refractivity contribution in [3.8, 4) is 0 Å². The van der Waals surface area contributed by atoms with E-state index in [1.807, 2.05) is 0 Å². The quantitative estimate of drug-likeness (QED) is 0.472. The van der Waals surface area contributed by atoms with Crippen molar-refractivity contribution in [2.24, 2.45) is 5.10 Å². The minimum absolute atomic E-state index is 0.0856. The van der Waals surface area contributed by atoms with Gasteiger partial charge in [0.15, 0.2) is 0 Å². The third kappa shape index (κ3) is 5.27. The van der Waals surface area contributed by atoms with Gasteiger partial charge in [0.1, 0.15) is 5.69 Å². The van der Waals surface area contributed by atoms with E-state index in [1.54, 1.807) is 18.7 Å².